The second kappa shape index (κ2) is 5.23. The summed E-state index contributed by atoms with van der Waals surface area (Å²) in [5, 5.41) is 4.23. The fourth-order valence-electron chi connectivity index (χ4n) is 2.69. The largest absolute Gasteiger partial charge is 0.363 e. The van der Waals surface area contributed by atoms with Crippen LogP contribution in [0, 0.1) is 5.92 Å². The summed E-state index contributed by atoms with van der Waals surface area (Å²) in [5.74, 6) is 0.561. The second-order valence-corrected chi connectivity index (χ2v) is 6.17. The van der Waals surface area contributed by atoms with Crippen LogP contribution in [0.2, 0.25) is 5.02 Å². The van der Waals surface area contributed by atoms with E-state index in [4.69, 9.17) is 11.6 Å². The molecule has 4 nitrogen and oxygen atoms in total. The average molecular weight is 297 g/mol. The molecule has 2 aromatic rings. The first-order chi connectivity index (χ1) is 9.18. The summed E-state index contributed by atoms with van der Waals surface area (Å²) in [6, 6.07) is 4.32. The number of halogens is 1. The summed E-state index contributed by atoms with van der Waals surface area (Å²) in [5.41, 5.74) is 2.92. The van der Waals surface area contributed by atoms with Gasteiger partial charge in [-0.3, -0.25) is 0 Å². The highest BCUT2D eigenvalue weighted by Crippen LogP contribution is 2.35. The Morgan fingerprint density at radius 3 is 3.05 bits per heavy atom. The molecule has 0 aliphatic carbocycles. The summed E-state index contributed by atoms with van der Waals surface area (Å²) in [4.78, 5) is 2.40. The number of hydrogen-bond donors (Lipinski definition) is 1. The molecule has 1 aromatic carbocycles. The molecule has 1 aromatic heterocycles. The smallest absolute Gasteiger partial charge is 0.129 e. The number of aromatic nitrogens is 2. The van der Waals surface area contributed by atoms with Crippen molar-refractivity contribution in [2.45, 2.75) is 19.9 Å². The van der Waals surface area contributed by atoms with Gasteiger partial charge in [0.05, 0.1) is 22.4 Å². The Balaban J connectivity index is 2.11. The van der Waals surface area contributed by atoms with E-state index in [1.54, 1.807) is 0 Å². The van der Waals surface area contributed by atoms with Gasteiger partial charge in [-0.05, 0) is 18.1 Å². The van der Waals surface area contributed by atoms with E-state index in [2.05, 4.69) is 32.8 Å². The molecule has 1 atom stereocenters. The number of anilines is 1. The zero-order chi connectivity index (χ0) is 13.4. The van der Waals surface area contributed by atoms with E-state index < -0.39 is 0 Å². The Morgan fingerprint density at radius 2 is 2.26 bits per heavy atom. The number of nitrogens with one attached hydrogen (secondary N) is 1. The molecule has 1 saturated heterocycles. The first-order valence-corrected chi connectivity index (χ1v) is 7.67. The molecule has 1 N–H and O–H groups in total. The van der Waals surface area contributed by atoms with Crippen LogP contribution in [-0.2, 0) is 0 Å². The van der Waals surface area contributed by atoms with Gasteiger partial charge in [0, 0.05) is 25.7 Å². The maximum absolute atomic E-state index is 6.44. The fourth-order valence-corrected chi connectivity index (χ4v) is 3.48. The first-order valence-electron chi connectivity index (χ1n) is 6.56. The predicted molar refractivity (Wildman–Crippen MR) is 81.3 cm³/mol. The molecule has 0 saturated carbocycles. The Morgan fingerprint density at radius 1 is 1.42 bits per heavy atom. The van der Waals surface area contributed by atoms with Crippen molar-refractivity contribution in [1.29, 1.82) is 0 Å². The van der Waals surface area contributed by atoms with Gasteiger partial charge in [-0.15, -0.1) is 0 Å². The van der Waals surface area contributed by atoms with Crippen LogP contribution < -0.4 is 10.2 Å². The third kappa shape index (κ3) is 2.30. The molecule has 1 unspecified atom stereocenters. The summed E-state index contributed by atoms with van der Waals surface area (Å²) < 4.78 is 8.75. The van der Waals surface area contributed by atoms with Crippen molar-refractivity contribution in [2.75, 3.05) is 24.5 Å². The molecular formula is C13H17ClN4S. The first kappa shape index (κ1) is 13.1. The van der Waals surface area contributed by atoms with Crippen molar-refractivity contribution in [3.05, 3.63) is 17.2 Å². The highest BCUT2D eigenvalue weighted by molar-refractivity contribution is 7.00. The topological polar surface area (TPSA) is 41.0 Å². The highest BCUT2D eigenvalue weighted by atomic mass is 35.5. The fraction of sp³-hybridized carbons (Fsp3) is 0.538. The minimum absolute atomic E-state index is 0.443. The van der Waals surface area contributed by atoms with Gasteiger partial charge in [0.15, 0.2) is 0 Å². The number of nitrogens with zero attached hydrogens (tertiary/aromatic N) is 3. The van der Waals surface area contributed by atoms with Gasteiger partial charge >= 0.3 is 0 Å². The zero-order valence-electron chi connectivity index (χ0n) is 11.1. The lowest BCUT2D eigenvalue weighted by Gasteiger charge is -2.40. The van der Waals surface area contributed by atoms with Gasteiger partial charge in [0.2, 0.25) is 0 Å². The molecule has 102 valence electrons. The maximum atomic E-state index is 6.44. The summed E-state index contributed by atoms with van der Waals surface area (Å²) in [7, 11) is 0. The lowest BCUT2D eigenvalue weighted by molar-refractivity contribution is 0.391. The van der Waals surface area contributed by atoms with Crippen molar-refractivity contribution < 1.29 is 0 Å². The quantitative estimate of drug-likeness (QED) is 0.925. The van der Waals surface area contributed by atoms with Crippen molar-refractivity contribution in [3.63, 3.8) is 0 Å². The predicted octanol–water partition coefficient (Wildman–Crippen LogP) is 2.78. The van der Waals surface area contributed by atoms with Gasteiger partial charge in [0.1, 0.15) is 11.0 Å². The minimum Gasteiger partial charge on any atom is -0.363 e. The Kier molecular flexibility index (Phi) is 3.60. The molecule has 1 aliphatic heterocycles. The van der Waals surface area contributed by atoms with Crippen LogP contribution in [0.25, 0.3) is 11.0 Å². The van der Waals surface area contributed by atoms with Crippen LogP contribution in [0.3, 0.4) is 0 Å². The van der Waals surface area contributed by atoms with E-state index in [-0.39, 0.29) is 0 Å². The van der Waals surface area contributed by atoms with Crippen LogP contribution in [0.5, 0.6) is 0 Å². The number of fused-ring (bicyclic) bond motifs is 1. The normalized spacial score (nSPS) is 20.4. The highest BCUT2D eigenvalue weighted by Gasteiger charge is 2.28. The molecule has 0 amide bonds. The number of rotatable bonds is 2. The average Bonchev–Trinajstić information content (AvgIpc) is 2.87. The summed E-state index contributed by atoms with van der Waals surface area (Å²) in [6.45, 7) is 7.42. The lowest BCUT2D eigenvalue weighted by Crippen LogP contribution is -2.54. The van der Waals surface area contributed by atoms with Crippen molar-refractivity contribution in [2.24, 2.45) is 5.92 Å². The molecule has 0 radical (unpaired) electrons. The minimum atomic E-state index is 0.443. The molecule has 1 fully saturated rings. The van der Waals surface area contributed by atoms with Crippen LogP contribution in [-0.4, -0.2) is 34.4 Å². The monoisotopic (exact) mass is 296 g/mol. The van der Waals surface area contributed by atoms with Gasteiger partial charge in [0.25, 0.3) is 0 Å². The van der Waals surface area contributed by atoms with Crippen molar-refractivity contribution in [3.8, 4) is 0 Å². The summed E-state index contributed by atoms with van der Waals surface area (Å²) in [6.07, 6.45) is 0. The van der Waals surface area contributed by atoms with Gasteiger partial charge in [-0.1, -0.05) is 25.4 Å². The number of hydrogen-bond acceptors (Lipinski definition) is 5. The molecule has 0 spiro atoms. The second-order valence-electron chi connectivity index (χ2n) is 5.24. The number of benzene rings is 1. The SMILES string of the molecule is CC(C)C1CNCCN1c1c(Cl)ccc2nsnc12. The van der Waals surface area contributed by atoms with E-state index >= 15 is 0 Å². The molecular weight excluding hydrogens is 280 g/mol. The molecule has 0 bridgehead atoms. The third-order valence-corrected chi connectivity index (χ3v) is 4.54. The Hall–Kier alpha value is -0.910. The van der Waals surface area contributed by atoms with Gasteiger partial charge in [-0.2, -0.15) is 8.75 Å². The van der Waals surface area contributed by atoms with E-state index in [1.807, 2.05) is 12.1 Å². The van der Waals surface area contributed by atoms with Gasteiger partial charge in [-0.25, -0.2) is 0 Å². The Bertz CT molecular complexity index is 583. The number of piperazine rings is 1. The van der Waals surface area contributed by atoms with Crippen molar-refractivity contribution >= 4 is 40.0 Å². The van der Waals surface area contributed by atoms with Crippen LogP contribution in [0.1, 0.15) is 13.8 Å². The molecule has 1 aliphatic rings. The molecule has 19 heavy (non-hydrogen) atoms. The van der Waals surface area contributed by atoms with Crippen molar-refractivity contribution in [1.82, 2.24) is 14.1 Å². The summed E-state index contributed by atoms with van der Waals surface area (Å²) >= 11 is 7.69. The molecule has 3 rings (SSSR count). The van der Waals surface area contributed by atoms with Crippen LogP contribution >= 0.6 is 23.3 Å². The lowest BCUT2D eigenvalue weighted by atomic mass is 9.99. The van der Waals surface area contributed by atoms with Crippen LogP contribution in [0.15, 0.2) is 12.1 Å². The standard InChI is InChI=1S/C13H17ClN4S/c1-8(2)11-7-15-5-6-18(11)13-9(14)3-4-10-12(13)17-19-16-10/h3-4,8,11,15H,5-7H2,1-2H3. The van der Waals surface area contributed by atoms with E-state index in [1.165, 1.54) is 11.7 Å². The van der Waals surface area contributed by atoms with Gasteiger partial charge < -0.3 is 10.2 Å². The maximum Gasteiger partial charge on any atom is 0.129 e. The Labute approximate surface area is 122 Å². The van der Waals surface area contributed by atoms with E-state index in [0.717, 1.165) is 41.4 Å². The van der Waals surface area contributed by atoms with Crippen LogP contribution in [0.4, 0.5) is 5.69 Å². The molecule has 6 heteroatoms. The van der Waals surface area contributed by atoms with E-state index in [9.17, 15) is 0 Å². The third-order valence-electron chi connectivity index (χ3n) is 3.69. The van der Waals surface area contributed by atoms with E-state index in [0.29, 0.717) is 12.0 Å². The molecule has 2 heterocycles. The zero-order valence-corrected chi connectivity index (χ0v) is 12.6.